The molecular weight excluding hydrogens is 214 g/mol. The minimum absolute atomic E-state index is 0.553. The van der Waals surface area contributed by atoms with Crippen molar-refractivity contribution in [1.82, 2.24) is 0 Å². The fourth-order valence-corrected chi connectivity index (χ4v) is 2.91. The second-order valence-corrected chi connectivity index (χ2v) is 5.08. The topological polar surface area (TPSA) is 63.3 Å². The number of hydrogen-bond donors (Lipinski definition) is 2. The van der Waals surface area contributed by atoms with Crippen molar-refractivity contribution in [3.05, 3.63) is 29.8 Å². The van der Waals surface area contributed by atoms with Gasteiger partial charge in [0.15, 0.2) is 0 Å². The Morgan fingerprint density at radius 3 is 2.76 bits per heavy atom. The molecule has 3 N–H and O–H groups in total. The predicted molar refractivity (Wildman–Crippen MR) is 67.8 cm³/mol. The zero-order chi connectivity index (χ0) is 12.5. The number of hydrogen-bond acceptors (Lipinski definition) is 2. The predicted octanol–water partition coefficient (Wildman–Crippen LogP) is 2.80. The molecule has 0 unspecified atom stereocenters. The molecule has 0 aromatic heterocycles. The lowest BCUT2D eigenvalue weighted by atomic mass is 9.57. The Kier molecular flexibility index (Phi) is 3.09. The van der Waals surface area contributed by atoms with Crippen LogP contribution in [0, 0.1) is 5.92 Å². The monoisotopic (exact) mass is 233 g/mol. The van der Waals surface area contributed by atoms with E-state index in [9.17, 15) is 9.90 Å². The van der Waals surface area contributed by atoms with Crippen LogP contribution in [0.4, 0.5) is 5.69 Å². The lowest BCUT2D eigenvalue weighted by Crippen LogP contribution is -2.47. The normalized spacial score (nSPS) is 27.5. The summed E-state index contributed by atoms with van der Waals surface area (Å²) in [6.45, 7) is 2.14. The quantitative estimate of drug-likeness (QED) is 0.786. The SMILES string of the molecule is CCCC1CC(C(=O)O)(c2cccc(N)c2)C1. The van der Waals surface area contributed by atoms with E-state index in [1.807, 2.05) is 12.1 Å². The number of carbonyl (C=O) groups is 1. The zero-order valence-electron chi connectivity index (χ0n) is 10.1. The summed E-state index contributed by atoms with van der Waals surface area (Å²) in [5.41, 5.74) is 6.55. The van der Waals surface area contributed by atoms with E-state index in [0.717, 1.165) is 31.2 Å². The van der Waals surface area contributed by atoms with Crippen molar-refractivity contribution in [2.24, 2.45) is 5.92 Å². The summed E-state index contributed by atoms with van der Waals surface area (Å²) in [5.74, 6) is -0.159. The Bertz CT molecular complexity index is 422. The summed E-state index contributed by atoms with van der Waals surface area (Å²) < 4.78 is 0. The largest absolute Gasteiger partial charge is 0.481 e. The van der Waals surface area contributed by atoms with Gasteiger partial charge in [0, 0.05) is 5.69 Å². The van der Waals surface area contributed by atoms with Gasteiger partial charge in [0.05, 0.1) is 5.41 Å². The van der Waals surface area contributed by atoms with Gasteiger partial charge in [-0.25, -0.2) is 0 Å². The van der Waals surface area contributed by atoms with Crippen LogP contribution in [0.5, 0.6) is 0 Å². The van der Waals surface area contributed by atoms with Gasteiger partial charge >= 0.3 is 5.97 Å². The average molecular weight is 233 g/mol. The first-order valence-electron chi connectivity index (χ1n) is 6.18. The zero-order valence-corrected chi connectivity index (χ0v) is 10.1. The van der Waals surface area contributed by atoms with Crippen LogP contribution in [0.2, 0.25) is 0 Å². The van der Waals surface area contributed by atoms with E-state index < -0.39 is 11.4 Å². The van der Waals surface area contributed by atoms with Crippen LogP contribution in [-0.2, 0) is 10.2 Å². The van der Waals surface area contributed by atoms with Gasteiger partial charge in [-0.3, -0.25) is 4.79 Å². The van der Waals surface area contributed by atoms with Crippen LogP contribution in [0.1, 0.15) is 38.2 Å². The highest BCUT2D eigenvalue weighted by Gasteiger charge is 2.51. The molecule has 3 nitrogen and oxygen atoms in total. The van der Waals surface area contributed by atoms with Gasteiger partial charge in [0.1, 0.15) is 0 Å². The lowest BCUT2D eigenvalue weighted by molar-refractivity contribution is -0.150. The van der Waals surface area contributed by atoms with E-state index in [2.05, 4.69) is 6.92 Å². The van der Waals surface area contributed by atoms with Crippen LogP contribution in [0.25, 0.3) is 0 Å². The van der Waals surface area contributed by atoms with E-state index in [1.54, 1.807) is 12.1 Å². The Labute approximate surface area is 102 Å². The maximum Gasteiger partial charge on any atom is 0.314 e. The second-order valence-electron chi connectivity index (χ2n) is 5.08. The Balaban J connectivity index is 2.23. The molecule has 1 saturated carbocycles. The standard InChI is InChI=1S/C14H19NO2/c1-2-4-10-8-14(9-10,13(16)17)11-5-3-6-12(15)7-11/h3,5-7,10H,2,4,8-9,15H2,1H3,(H,16,17). The number of nitrogens with two attached hydrogens (primary N) is 1. The van der Waals surface area contributed by atoms with Crippen LogP contribution in [0.15, 0.2) is 24.3 Å². The van der Waals surface area contributed by atoms with E-state index in [-0.39, 0.29) is 0 Å². The summed E-state index contributed by atoms with van der Waals surface area (Å²) in [6.07, 6.45) is 3.74. The van der Waals surface area contributed by atoms with Crippen molar-refractivity contribution < 1.29 is 9.90 Å². The number of benzene rings is 1. The molecule has 0 heterocycles. The van der Waals surface area contributed by atoms with Crippen LogP contribution < -0.4 is 5.73 Å². The van der Waals surface area contributed by atoms with Crippen LogP contribution >= 0.6 is 0 Å². The maximum absolute atomic E-state index is 11.5. The molecule has 0 radical (unpaired) electrons. The molecule has 2 rings (SSSR count). The second kappa shape index (κ2) is 4.40. The van der Waals surface area contributed by atoms with E-state index in [1.165, 1.54) is 0 Å². The summed E-state index contributed by atoms with van der Waals surface area (Å²) >= 11 is 0. The first-order chi connectivity index (χ1) is 8.08. The molecule has 3 heteroatoms. The summed E-state index contributed by atoms with van der Waals surface area (Å²) in [6, 6.07) is 7.31. The molecule has 17 heavy (non-hydrogen) atoms. The molecule has 1 aromatic carbocycles. The van der Waals surface area contributed by atoms with Gasteiger partial charge in [0.25, 0.3) is 0 Å². The number of carboxylic acids is 1. The minimum atomic E-state index is -0.713. The third-order valence-corrected chi connectivity index (χ3v) is 3.82. The van der Waals surface area contributed by atoms with Crippen LogP contribution in [-0.4, -0.2) is 11.1 Å². The number of aliphatic carboxylic acids is 1. The molecule has 1 fully saturated rings. The molecule has 0 spiro atoms. The van der Waals surface area contributed by atoms with Gasteiger partial charge in [-0.2, -0.15) is 0 Å². The third-order valence-electron chi connectivity index (χ3n) is 3.82. The number of nitrogen functional groups attached to an aromatic ring is 1. The molecule has 92 valence electrons. The minimum Gasteiger partial charge on any atom is -0.481 e. The Hall–Kier alpha value is -1.51. The number of carboxylic acid groups (broad SMARTS) is 1. The van der Waals surface area contributed by atoms with Gasteiger partial charge in [-0.1, -0.05) is 31.9 Å². The molecule has 0 atom stereocenters. The lowest BCUT2D eigenvalue weighted by Gasteiger charge is -2.45. The van der Waals surface area contributed by atoms with Gasteiger partial charge in [-0.15, -0.1) is 0 Å². The van der Waals surface area contributed by atoms with Gasteiger partial charge < -0.3 is 10.8 Å². The number of rotatable bonds is 4. The van der Waals surface area contributed by atoms with Crippen molar-refractivity contribution >= 4 is 11.7 Å². The van der Waals surface area contributed by atoms with Crippen LogP contribution in [0.3, 0.4) is 0 Å². The summed E-state index contributed by atoms with van der Waals surface area (Å²) in [7, 11) is 0. The molecule has 0 saturated heterocycles. The molecular formula is C14H19NO2. The fraction of sp³-hybridized carbons (Fsp3) is 0.500. The summed E-state index contributed by atoms with van der Waals surface area (Å²) in [4.78, 5) is 11.5. The third kappa shape index (κ3) is 2.02. The highest BCUT2D eigenvalue weighted by Crippen LogP contribution is 2.50. The molecule has 0 amide bonds. The smallest absolute Gasteiger partial charge is 0.314 e. The van der Waals surface area contributed by atoms with E-state index in [0.29, 0.717) is 11.6 Å². The van der Waals surface area contributed by atoms with E-state index >= 15 is 0 Å². The van der Waals surface area contributed by atoms with Crippen molar-refractivity contribution in [3.8, 4) is 0 Å². The first kappa shape index (κ1) is 12.0. The molecule has 1 aliphatic carbocycles. The number of anilines is 1. The highest BCUT2D eigenvalue weighted by atomic mass is 16.4. The maximum atomic E-state index is 11.5. The molecule has 0 aliphatic heterocycles. The van der Waals surface area contributed by atoms with Gasteiger partial charge in [0.2, 0.25) is 0 Å². The molecule has 1 aliphatic rings. The Morgan fingerprint density at radius 2 is 2.24 bits per heavy atom. The van der Waals surface area contributed by atoms with Crippen molar-refractivity contribution in [1.29, 1.82) is 0 Å². The van der Waals surface area contributed by atoms with Gasteiger partial charge in [-0.05, 0) is 36.5 Å². The van der Waals surface area contributed by atoms with Crippen molar-refractivity contribution in [2.45, 2.75) is 38.0 Å². The molecule has 0 bridgehead atoms. The molecule has 1 aromatic rings. The average Bonchev–Trinajstić information content (AvgIpc) is 2.22. The first-order valence-corrected chi connectivity index (χ1v) is 6.18. The fourth-order valence-electron chi connectivity index (χ4n) is 2.91. The van der Waals surface area contributed by atoms with E-state index in [4.69, 9.17) is 5.73 Å². The van der Waals surface area contributed by atoms with Crippen molar-refractivity contribution in [2.75, 3.05) is 5.73 Å². The highest BCUT2D eigenvalue weighted by molar-refractivity contribution is 5.83. The Morgan fingerprint density at radius 1 is 1.53 bits per heavy atom. The van der Waals surface area contributed by atoms with Crippen molar-refractivity contribution in [3.63, 3.8) is 0 Å². The summed E-state index contributed by atoms with van der Waals surface area (Å²) in [5, 5.41) is 9.47.